The van der Waals surface area contributed by atoms with Gasteiger partial charge in [-0.05, 0) is 44.5 Å². The van der Waals surface area contributed by atoms with Crippen LogP contribution in [0.15, 0.2) is 42.6 Å². The van der Waals surface area contributed by atoms with E-state index < -0.39 is 0 Å². The van der Waals surface area contributed by atoms with Crippen molar-refractivity contribution in [2.24, 2.45) is 0 Å². The summed E-state index contributed by atoms with van der Waals surface area (Å²) in [5.41, 5.74) is 2.66. The first-order valence-corrected chi connectivity index (χ1v) is 8.14. The molecule has 1 N–H and O–H groups in total. The summed E-state index contributed by atoms with van der Waals surface area (Å²) in [6.07, 6.45) is 2.34. The van der Waals surface area contributed by atoms with Crippen LogP contribution in [0.4, 0.5) is 4.39 Å². The maximum absolute atomic E-state index is 13.8. The number of carbonyl (C=O) groups excluding carboxylic acids is 1. The lowest BCUT2D eigenvalue weighted by molar-refractivity contribution is 0.0947. The molecule has 0 bridgehead atoms. The predicted molar refractivity (Wildman–Crippen MR) is 92.2 cm³/mol. The number of para-hydroxylation sites is 1. The van der Waals surface area contributed by atoms with Gasteiger partial charge in [0.2, 0.25) is 0 Å². The van der Waals surface area contributed by atoms with E-state index in [9.17, 15) is 9.18 Å². The molecular formula is C18H20FN5O. The van der Waals surface area contributed by atoms with Crippen molar-refractivity contribution in [2.45, 2.75) is 26.8 Å². The summed E-state index contributed by atoms with van der Waals surface area (Å²) in [4.78, 5) is 12.2. The Morgan fingerprint density at radius 3 is 2.72 bits per heavy atom. The molecule has 25 heavy (non-hydrogen) atoms. The van der Waals surface area contributed by atoms with Crippen molar-refractivity contribution >= 4 is 5.91 Å². The van der Waals surface area contributed by atoms with E-state index in [1.54, 1.807) is 30.5 Å². The lowest BCUT2D eigenvalue weighted by Crippen LogP contribution is -2.26. The van der Waals surface area contributed by atoms with E-state index in [1.165, 1.54) is 10.7 Å². The van der Waals surface area contributed by atoms with Gasteiger partial charge in [0, 0.05) is 25.0 Å². The summed E-state index contributed by atoms with van der Waals surface area (Å²) >= 11 is 0. The highest BCUT2D eigenvalue weighted by atomic mass is 19.1. The number of rotatable bonds is 6. The van der Waals surface area contributed by atoms with Gasteiger partial charge in [0.1, 0.15) is 11.5 Å². The Morgan fingerprint density at radius 1 is 1.20 bits per heavy atom. The number of aromatic nitrogens is 4. The number of hydrogen-bond donors (Lipinski definition) is 1. The molecule has 6 nitrogen and oxygen atoms in total. The molecular weight excluding hydrogens is 321 g/mol. The van der Waals surface area contributed by atoms with Crippen LogP contribution in [0.2, 0.25) is 0 Å². The fraction of sp³-hybridized carbons (Fsp3) is 0.278. The van der Waals surface area contributed by atoms with Crippen molar-refractivity contribution in [3.63, 3.8) is 0 Å². The quantitative estimate of drug-likeness (QED) is 0.701. The van der Waals surface area contributed by atoms with Crippen molar-refractivity contribution in [2.75, 3.05) is 6.54 Å². The summed E-state index contributed by atoms with van der Waals surface area (Å²) in [6.45, 7) is 5.22. The first kappa shape index (κ1) is 16.9. The van der Waals surface area contributed by atoms with E-state index in [0.717, 1.165) is 24.4 Å². The third-order valence-electron chi connectivity index (χ3n) is 3.86. The van der Waals surface area contributed by atoms with Gasteiger partial charge < -0.3 is 5.32 Å². The maximum atomic E-state index is 13.8. The first-order valence-electron chi connectivity index (χ1n) is 8.14. The molecule has 0 spiro atoms. The molecule has 2 aromatic heterocycles. The van der Waals surface area contributed by atoms with E-state index in [0.29, 0.717) is 12.2 Å². The van der Waals surface area contributed by atoms with Crippen molar-refractivity contribution < 1.29 is 9.18 Å². The molecule has 0 fully saturated rings. The lowest BCUT2D eigenvalue weighted by atomic mass is 10.3. The van der Waals surface area contributed by atoms with E-state index >= 15 is 0 Å². The molecule has 7 heteroatoms. The Morgan fingerprint density at radius 2 is 2.00 bits per heavy atom. The molecule has 0 aliphatic rings. The van der Waals surface area contributed by atoms with Crippen LogP contribution in [0.3, 0.4) is 0 Å². The second-order valence-electron chi connectivity index (χ2n) is 5.86. The van der Waals surface area contributed by atoms with Crippen LogP contribution in [-0.2, 0) is 6.54 Å². The fourth-order valence-corrected chi connectivity index (χ4v) is 2.64. The number of benzene rings is 1. The second kappa shape index (κ2) is 7.29. The minimum Gasteiger partial charge on any atom is -0.351 e. The Balaban J connectivity index is 1.54. The van der Waals surface area contributed by atoms with E-state index in [1.807, 2.05) is 24.6 Å². The zero-order valence-corrected chi connectivity index (χ0v) is 14.2. The summed E-state index contributed by atoms with van der Waals surface area (Å²) in [6, 6.07) is 9.89. The summed E-state index contributed by atoms with van der Waals surface area (Å²) in [5, 5.41) is 11.4. The minimum atomic E-state index is -0.387. The number of carbonyl (C=O) groups is 1. The molecule has 0 aliphatic carbocycles. The third-order valence-corrected chi connectivity index (χ3v) is 3.86. The molecule has 1 aromatic carbocycles. The molecule has 0 aliphatic heterocycles. The molecule has 1 amide bonds. The minimum absolute atomic E-state index is 0.259. The molecule has 0 saturated heterocycles. The van der Waals surface area contributed by atoms with Gasteiger partial charge in [0.25, 0.3) is 5.91 Å². The van der Waals surface area contributed by atoms with Gasteiger partial charge in [-0.25, -0.2) is 9.07 Å². The van der Waals surface area contributed by atoms with Crippen LogP contribution in [0.25, 0.3) is 5.69 Å². The van der Waals surface area contributed by atoms with Crippen LogP contribution in [0.5, 0.6) is 0 Å². The average molecular weight is 341 g/mol. The maximum Gasteiger partial charge on any atom is 0.271 e. The van der Waals surface area contributed by atoms with Crippen molar-refractivity contribution in [1.29, 1.82) is 0 Å². The van der Waals surface area contributed by atoms with Crippen LogP contribution >= 0.6 is 0 Å². The van der Waals surface area contributed by atoms with E-state index in [-0.39, 0.29) is 17.4 Å². The normalized spacial score (nSPS) is 10.8. The SMILES string of the molecule is Cc1cc(C)n(CCCNC(=O)c2ccn(-c3ccccc3F)n2)n1. The van der Waals surface area contributed by atoms with Gasteiger partial charge in [-0.3, -0.25) is 9.48 Å². The first-order chi connectivity index (χ1) is 12.0. The Hall–Kier alpha value is -2.96. The standard InChI is InChI=1S/C18H20FN5O/c1-13-12-14(2)23(21-13)10-5-9-20-18(25)16-8-11-24(22-16)17-7-4-3-6-15(17)19/h3-4,6-8,11-12H,5,9-10H2,1-2H3,(H,20,25). The van der Waals surface area contributed by atoms with Gasteiger partial charge in [0.05, 0.1) is 5.69 Å². The van der Waals surface area contributed by atoms with E-state index in [2.05, 4.69) is 15.5 Å². The van der Waals surface area contributed by atoms with Gasteiger partial charge >= 0.3 is 0 Å². The molecule has 2 heterocycles. The molecule has 0 unspecified atom stereocenters. The average Bonchev–Trinajstić information content (AvgIpc) is 3.18. The second-order valence-corrected chi connectivity index (χ2v) is 5.86. The van der Waals surface area contributed by atoms with Gasteiger partial charge in [-0.2, -0.15) is 10.2 Å². The lowest BCUT2D eigenvalue weighted by Gasteiger charge is -2.06. The Kier molecular flexibility index (Phi) is 4.92. The number of hydrogen-bond acceptors (Lipinski definition) is 3. The van der Waals surface area contributed by atoms with Gasteiger partial charge in [-0.15, -0.1) is 0 Å². The third kappa shape index (κ3) is 3.93. The van der Waals surface area contributed by atoms with Gasteiger partial charge in [-0.1, -0.05) is 12.1 Å². The predicted octanol–water partition coefficient (Wildman–Crippen LogP) is 2.64. The van der Waals surface area contributed by atoms with E-state index in [4.69, 9.17) is 0 Å². The number of aryl methyl sites for hydroxylation is 3. The van der Waals surface area contributed by atoms with Gasteiger partial charge in [0.15, 0.2) is 5.69 Å². The molecule has 0 radical (unpaired) electrons. The van der Waals surface area contributed by atoms with Crippen LogP contribution in [0, 0.1) is 19.7 Å². The van der Waals surface area contributed by atoms with Crippen LogP contribution in [0.1, 0.15) is 28.3 Å². The van der Waals surface area contributed by atoms with Crippen molar-refractivity contribution in [1.82, 2.24) is 24.9 Å². The molecule has 3 rings (SSSR count). The zero-order valence-electron chi connectivity index (χ0n) is 14.2. The fourth-order valence-electron chi connectivity index (χ4n) is 2.64. The van der Waals surface area contributed by atoms with Crippen LogP contribution in [-0.4, -0.2) is 32.0 Å². The molecule has 3 aromatic rings. The number of nitrogens with zero attached hydrogens (tertiary/aromatic N) is 4. The molecule has 130 valence electrons. The highest BCUT2D eigenvalue weighted by Crippen LogP contribution is 2.12. The Labute approximate surface area is 145 Å². The van der Waals surface area contributed by atoms with Crippen molar-refractivity contribution in [3.8, 4) is 5.69 Å². The number of amides is 1. The summed E-state index contributed by atoms with van der Waals surface area (Å²) in [5.74, 6) is -0.661. The number of halogens is 1. The van der Waals surface area contributed by atoms with Crippen molar-refractivity contribution in [3.05, 3.63) is 65.5 Å². The summed E-state index contributed by atoms with van der Waals surface area (Å²) in [7, 11) is 0. The number of nitrogens with one attached hydrogen (secondary N) is 1. The smallest absolute Gasteiger partial charge is 0.271 e. The highest BCUT2D eigenvalue weighted by molar-refractivity contribution is 5.92. The zero-order chi connectivity index (χ0) is 17.8. The molecule has 0 atom stereocenters. The molecule has 0 saturated carbocycles. The topological polar surface area (TPSA) is 64.7 Å². The highest BCUT2D eigenvalue weighted by Gasteiger charge is 2.11. The Bertz CT molecular complexity index is 883. The van der Waals surface area contributed by atoms with Crippen LogP contribution < -0.4 is 5.32 Å². The largest absolute Gasteiger partial charge is 0.351 e. The summed E-state index contributed by atoms with van der Waals surface area (Å²) < 4.78 is 17.0. The monoisotopic (exact) mass is 341 g/mol.